The first-order valence-corrected chi connectivity index (χ1v) is 9.12. The molecule has 4 rings (SSSR count). The lowest BCUT2D eigenvalue weighted by atomic mass is 10.2. The Labute approximate surface area is 161 Å². The summed E-state index contributed by atoms with van der Waals surface area (Å²) in [7, 11) is 0. The standard InChI is InChI=1S/C21H18ClNO4/c22-15-5-7-16(8-6-15)27-21(10-11-21)20(24)26-14-13-25-19-9-12-23-18-4-2-1-3-17(18)19/h1-9,12H,10-11,13-14H2. The maximum Gasteiger partial charge on any atom is 0.350 e. The number of rotatable bonds is 7. The Morgan fingerprint density at radius 1 is 1.04 bits per heavy atom. The number of esters is 1. The Bertz CT molecular complexity index is 949. The van der Waals surface area contributed by atoms with Gasteiger partial charge in [-0.3, -0.25) is 4.98 Å². The second kappa shape index (κ2) is 7.45. The molecule has 1 aliphatic rings. The third-order valence-electron chi connectivity index (χ3n) is 4.39. The number of aromatic nitrogens is 1. The van der Waals surface area contributed by atoms with Gasteiger partial charge in [-0.05, 0) is 42.5 Å². The van der Waals surface area contributed by atoms with Crippen LogP contribution in [-0.4, -0.2) is 29.8 Å². The van der Waals surface area contributed by atoms with Gasteiger partial charge in [0.05, 0.1) is 5.52 Å². The van der Waals surface area contributed by atoms with Crippen LogP contribution >= 0.6 is 11.6 Å². The third-order valence-corrected chi connectivity index (χ3v) is 4.64. The molecule has 6 heteroatoms. The van der Waals surface area contributed by atoms with Gasteiger partial charge in [-0.1, -0.05) is 23.7 Å². The van der Waals surface area contributed by atoms with Crippen LogP contribution in [0.1, 0.15) is 12.8 Å². The Morgan fingerprint density at radius 3 is 2.59 bits per heavy atom. The first-order chi connectivity index (χ1) is 13.2. The molecule has 2 aromatic carbocycles. The van der Waals surface area contributed by atoms with Crippen LogP contribution in [0.2, 0.25) is 5.02 Å². The number of halogens is 1. The van der Waals surface area contributed by atoms with Crippen molar-refractivity contribution in [1.82, 2.24) is 4.98 Å². The van der Waals surface area contributed by atoms with Crippen molar-refractivity contribution in [1.29, 1.82) is 0 Å². The highest BCUT2D eigenvalue weighted by molar-refractivity contribution is 6.30. The molecule has 5 nitrogen and oxygen atoms in total. The normalized spacial score (nSPS) is 14.6. The number of nitrogens with zero attached hydrogens (tertiary/aromatic N) is 1. The molecule has 1 fully saturated rings. The zero-order chi connectivity index (χ0) is 18.7. The van der Waals surface area contributed by atoms with Crippen molar-refractivity contribution in [2.45, 2.75) is 18.4 Å². The molecule has 1 aliphatic carbocycles. The third kappa shape index (κ3) is 3.98. The van der Waals surface area contributed by atoms with Gasteiger partial charge < -0.3 is 14.2 Å². The van der Waals surface area contributed by atoms with Crippen LogP contribution in [0.4, 0.5) is 0 Å². The largest absolute Gasteiger partial charge is 0.489 e. The number of benzene rings is 2. The molecule has 3 aromatic rings. The van der Waals surface area contributed by atoms with E-state index >= 15 is 0 Å². The Kier molecular flexibility index (Phi) is 4.86. The minimum Gasteiger partial charge on any atom is -0.489 e. The number of fused-ring (bicyclic) bond motifs is 1. The molecular formula is C21H18ClNO4. The predicted octanol–water partition coefficient (Wildman–Crippen LogP) is 4.42. The Balaban J connectivity index is 1.30. The zero-order valence-electron chi connectivity index (χ0n) is 14.6. The number of carbonyl (C=O) groups is 1. The van der Waals surface area contributed by atoms with Crippen molar-refractivity contribution in [3.05, 3.63) is 65.8 Å². The van der Waals surface area contributed by atoms with E-state index in [-0.39, 0.29) is 19.2 Å². The van der Waals surface area contributed by atoms with E-state index in [1.165, 1.54) is 0 Å². The van der Waals surface area contributed by atoms with Gasteiger partial charge in [0.25, 0.3) is 0 Å². The first-order valence-electron chi connectivity index (χ1n) is 8.75. The fraction of sp³-hybridized carbons (Fsp3) is 0.238. The molecule has 0 atom stereocenters. The summed E-state index contributed by atoms with van der Waals surface area (Å²) in [5.41, 5.74) is -0.0164. The predicted molar refractivity (Wildman–Crippen MR) is 102 cm³/mol. The van der Waals surface area contributed by atoms with Crippen LogP contribution in [0.3, 0.4) is 0 Å². The van der Waals surface area contributed by atoms with E-state index < -0.39 is 5.60 Å². The van der Waals surface area contributed by atoms with Crippen LogP contribution < -0.4 is 9.47 Å². The average molecular weight is 384 g/mol. The molecular weight excluding hydrogens is 366 g/mol. The molecule has 1 saturated carbocycles. The van der Waals surface area contributed by atoms with Crippen LogP contribution in [0.25, 0.3) is 10.9 Å². The van der Waals surface area contributed by atoms with Crippen molar-refractivity contribution in [2.24, 2.45) is 0 Å². The number of ether oxygens (including phenoxy) is 3. The SMILES string of the molecule is O=C(OCCOc1ccnc2ccccc12)C1(Oc2ccc(Cl)cc2)CC1. The highest BCUT2D eigenvalue weighted by Crippen LogP contribution is 2.41. The molecule has 138 valence electrons. The van der Waals surface area contributed by atoms with E-state index in [1.54, 1.807) is 36.5 Å². The highest BCUT2D eigenvalue weighted by atomic mass is 35.5. The monoisotopic (exact) mass is 383 g/mol. The van der Waals surface area contributed by atoms with Gasteiger partial charge in [-0.25, -0.2) is 4.79 Å². The zero-order valence-corrected chi connectivity index (χ0v) is 15.3. The lowest BCUT2D eigenvalue weighted by Gasteiger charge is -2.17. The lowest BCUT2D eigenvalue weighted by Crippen LogP contribution is -2.32. The van der Waals surface area contributed by atoms with E-state index in [4.69, 9.17) is 25.8 Å². The average Bonchev–Trinajstić information content (AvgIpc) is 3.48. The van der Waals surface area contributed by atoms with E-state index in [0.29, 0.717) is 23.6 Å². The molecule has 1 heterocycles. The Hall–Kier alpha value is -2.79. The quantitative estimate of drug-likeness (QED) is 0.446. The second-order valence-corrected chi connectivity index (χ2v) is 6.80. The second-order valence-electron chi connectivity index (χ2n) is 6.36. The van der Waals surface area contributed by atoms with Gasteiger partial charge in [0, 0.05) is 29.4 Å². The number of pyridine rings is 1. The molecule has 0 radical (unpaired) electrons. The highest BCUT2D eigenvalue weighted by Gasteiger charge is 2.54. The van der Waals surface area contributed by atoms with Crippen LogP contribution in [-0.2, 0) is 9.53 Å². The van der Waals surface area contributed by atoms with Gasteiger partial charge in [0.2, 0.25) is 5.60 Å². The fourth-order valence-electron chi connectivity index (χ4n) is 2.80. The summed E-state index contributed by atoms with van der Waals surface area (Å²) in [6, 6.07) is 16.5. The first kappa shape index (κ1) is 17.6. The number of hydrogen-bond acceptors (Lipinski definition) is 5. The van der Waals surface area contributed by atoms with E-state index in [2.05, 4.69) is 4.98 Å². The van der Waals surface area contributed by atoms with Gasteiger partial charge in [0.15, 0.2) is 0 Å². The van der Waals surface area contributed by atoms with Crippen LogP contribution in [0.15, 0.2) is 60.8 Å². The molecule has 0 saturated heterocycles. The summed E-state index contributed by atoms with van der Waals surface area (Å²) in [6.07, 6.45) is 2.98. The summed E-state index contributed by atoms with van der Waals surface area (Å²) < 4.78 is 17.0. The maximum atomic E-state index is 12.4. The maximum absolute atomic E-state index is 12.4. The van der Waals surface area contributed by atoms with Gasteiger partial charge >= 0.3 is 5.97 Å². The summed E-state index contributed by atoms with van der Waals surface area (Å²) in [4.78, 5) is 16.7. The van der Waals surface area contributed by atoms with Crippen LogP contribution in [0.5, 0.6) is 11.5 Å². The van der Waals surface area contributed by atoms with E-state index in [0.717, 1.165) is 16.7 Å². The molecule has 0 bridgehead atoms. The molecule has 0 spiro atoms. The summed E-state index contributed by atoms with van der Waals surface area (Å²) in [5, 5.41) is 1.55. The van der Waals surface area contributed by atoms with Crippen molar-refractivity contribution >= 4 is 28.5 Å². The van der Waals surface area contributed by atoms with Crippen LogP contribution in [0, 0.1) is 0 Å². The molecule has 0 aliphatic heterocycles. The lowest BCUT2D eigenvalue weighted by molar-refractivity contribution is -0.154. The molecule has 1 aromatic heterocycles. The molecule has 0 N–H and O–H groups in total. The van der Waals surface area contributed by atoms with Crippen molar-refractivity contribution in [2.75, 3.05) is 13.2 Å². The smallest absolute Gasteiger partial charge is 0.350 e. The molecule has 0 amide bonds. The molecule has 0 unspecified atom stereocenters. The summed E-state index contributed by atoms with van der Waals surface area (Å²) in [6.45, 7) is 0.415. The minimum absolute atomic E-state index is 0.154. The number of para-hydroxylation sites is 1. The van der Waals surface area contributed by atoms with E-state index in [1.807, 2.05) is 24.3 Å². The van der Waals surface area contributed by atoms with Crippen molar-refractivity contribution in [3.8, 4) is 11.5 Å². The minimum atomic E-state index is -0.878. The summed E-state index contributed by atoms with van der Waals surface area (Å²) in [5.74, 6) is 0.962. The Morgan fingerprint density at radius 2 is 1.81 bits per heavy atom. The molecule has 27 heavy (non-hydrogen) atoms. The fourth-order valence-corrected chi connectivity index (χ4v) is 2.93. The van der Waals surface area contributed by atoms with Gasteiger partial charge in [-0.2, -0.15) is 0 Å². The van der Waals surface area contributed by atoms with Crippen molar-refractivity contribution < 1.29 is 19.0 Å². The topological polar surface area (TPSA) is 57.7 Å². The van der Waals surface area contributed by atoms with Crippen molar-refractivity contribution in [3.63, 3.8) is 0 Å². The van der Waals surface area contributed by atoms with Gasteiger partial charge in [0.1, 0.15) is 24.7 Å². The van der Waals surface area contributed by atoms with Gasteiger partial charge in [-0.15, -0.1) is 0 Å². The number of hydrogen-bond donors (Lipinski definition) is 0. The van der Waals surface area contributed by atoms with E-state index in [9.17, 15) is 4.79 Å². The number of carbonyl (C=O) groups excluding carboxylic acids is 1. The summed E-state index contributed by atoms with van der Waals surface area (Å²) >= 11 is 5.87.